The van der Waals surface area contributed by atoms with Crippen LogP contribution in [0.4, 0.5) is 5.82 Å². The van der Waals surface area contributed by atoms with Crippen molar-refractivity contribution < 1.29 is 0 Å². The molecule has 0 N–H and O–H groups in total. The molecule has 1 aliphatic rings. The predicted octanol–water partition coefficient (Wildman–Crippen LogP) is 2.35. The fraction of sp³-hybridized carbons (Fsp3) is 0.615. The molecule has 4 heteroatoms. The first-order valence-corrected chi connectivity index (χ1v) is 6.66. The van der Waals surface area contributed by atoms with E-state index in [1.54, 1.807) is 0 Å². The molecule has 0 aromatic carbocycles. The zero-order valence-electron chi connectivity index (χ0n) is 10.6. The highest BCUT2D eigenvalue weighted by molar-refractivity contribution is 6.17. The Morgan fingerprint density at radius 2 is 2.18 bits per heavy atom. The fourth-order valence-electron chi connectivity index (χ4n) is 2.31. The van der Waals surface area contributed by atoms with Gasteiger partial charge in [-0.3, -0.25) is 0 Å². The number of aromatic nitrogens is 1. The molecule has 0 saturated carbocycles. The van der Waals surface area contributed by atoms with Crippen LogP contribution in [-0.2, 0) is 5.88 Å². The van der Waals surface area contributed by atoms with E-state index in [0.29, 0.717) is 11.9 Å². The van der Waals surface area contributed by atoms with E-state index < -0.39 is 0 Å². The molecule has 0 aliphatic carbocycles. The van der Waals surface area contributed by atoms with Crippen molar-refractivity contribution in [3.8, 4) is 0 Å². The summed E-state index contributed by atoms with van der Waals surface area (Å²) in [5, 5.41) is 0. The SMILES string of the molecule is CN1CCC(N(C)c2cc(CCl)ccn2)CC1. The van der Waals surface area contributed by atoms with Gasteiger partial charge in [0, 0.05) is 25.2 Å². The normalized spacial score (nSPS) is 18.3. The summed E-state index contributed by atoms with van der Waals surface area (Å²) < 4.78 is 0. The summed E-state index contributed by atoms with van der Waals surface area (Å²) in [6.45, 7) is 2.34. The van der Waals surface area contributed by atoms with Crippen LogP contribution in [0, 0.1) is 0 Å². The lowest BCUT2D eigenvalue weighted by Gasteiger charge is -2.35. The summed E-state index contributed by atoms with van der Waals surface area (Å²) in [6, 6.07) is 4.66. The first kappa shape index (κ1) is 12.7. The van der Waals surface area contributed by atoms with Gasteiger partial charge in [0.15, 0.2) is 0 Å². The summed E-state index contributed by atoms with van der Waals surface area (Å²) in [6.07, 6.45) is 4.26. The lowest BCUT2D eigenvalue weighted by molar-refractivity contribution is 0.252. The average molecular weight is 254 g/mol. The molecule has 0 radical (unpaired) electrons. The van der Waals surface area contributed by atoms with Gasteiger partial charge in [-0.2, -0.15) is 0 Å². The molecule has 2 rings (SSSR count). The van der Waals surface area contributed by atoms with Crippen LogP contribution in [0.1, 0.15) is 18.4 Å². The summed E-state index contributed by atoms with van der Waals surface area (Å²) in [5.74, 6) is 1.59. The highest BCUT2D eigenvalue weighted by Gasteiger charge is 2.21. The maximum Gasteiger partial charge on any atom is 0.128 e. The van der Waals surface area contributed by atoms with Crippen LogP contribution in [0.15, 0.2) is 18.3 Å². The molecule has 1 aromatic rings. The minimum absolute atomic E-state index is 0.552. The first-order chi connectivity index (χ1) is 8.20. The van der Waals surface area contributed by atoms with E-state index in [2.05, 4.69) is 34.9 Å². The average Bonchev–Trinajstić information content (AvgIpc) is 2.39. The lowest BCUT2D eigenvalue weighted by Crippen LogP contribution is -2.42. The van der Waals surface area contributed by atoms with E-state index in [0.717, 1.165) is 11.4 Å². The molecule has 1 saturated heterocycles. The predicted molar refractivity (Wildman–Crippen MR) is 72.7 cm³/mol. The molecule has 0 bridgehead atoms. The van der Waals surface area contributed by atoms with Crippen LogP contribution in [0.2, 0.25) is 0 Å². The highest BCUT2D eigenvalue weighted by Crippen LogP contribution is 2.20. The van der Waals surface area contributed by atoms with E-state index in [9.17, 15) is 0 Å². The van der Waals surface area contributed by atoms with Gasteiger partial charge in [0.2, 0.25) is 0 Å². The van der Waals surface area contributed by atoms with Gasteiger partial charge in [0.25, 0.3) is 0 Å². The Morgan fingerprint density at radius 1 is 1.47 bits per heavy atom. The summed E-state index contributed by atoms with van der Waals surface area (Å²) in [5.41, 5.74) is 1.14. The fourth-order valence-corrected chi connectivity index (χ4v) is 2.47. The van der Waals surface area contributed by atoms with Gasteiger partial charge in [-0.25, -0.2) is 4.98 Å². The first-order valence-electron chi connectivity index (χ1n) is 6.13. The number of alkyl halides is 1. The second-order valence-corrected chi connectivity index (χ2v) is 5.07. The van der Waals surface area contributed by atoms with Gasteiger partial charge in [-0.05, 0) is 50.7 Å². The van der Waals surface area contributed by atoms with Crippen molar-refractivity contribution in [1.29, 1.82) is 0 Å². The third kappa shape index (κ3) is 3.11. The second-order valence-electron chi connectivity index (χ2n) is 4.80. The van der Waals surface area contributed by atoms with Crippen LogP contribution in [-0.4, -0.2) is 43.1 Å². The minimum atomic E-state index is 0.552. The number of likely N-dealkylation sites (tertiary alicyclic amines) is 1. The molecule has 0 amide bonds. The molecule has 3 nitrogen and oxygen atoms in total. The van der Waals surface area contributed by atoms with E-state index in [1.807, 2.05) is 12.3 Å². The van der Waals surface area contributed by atoms with Crippen molar-refractivity contribution in [2.24, 2.45) is 0 Å². The maximum atomic E-state index is 5.86. The third-order valence-corrected chi connectivity index (χ3v) is 3.87. The van der Waals surface area contributed by atoms with Crippen molar-refractivity contribution in [1.82, 2.24) is 9.88 Å². The molecule has 1 aromatic heterocycles. The lowest BCUT2D eigenvalue weighted by atomic mass is 10.0. The highest BCUT2D eigenvalue weighted by atomic mass is 35.5. The van der Waals surface area contributed by atoms with Crippen LogP contribution in [0.3, 0.4) is 0 Å². The van der Waals surface area contributed by atoms with Crippen molar-refractivity contribution >= 4 is 17.4 Å². The molecule has 0 atom stereocenters. The molecular formula is C13H20ClN3. The van der Waals surface area contributed by atoms with Crippen molar-refractivity contribution in [2.45, 2.75) is 24.8 Å². The molecule has 0 unspecified atom stereocenters. The summed E-state index contributed by atoms with van der Waals surface area (Å²) in [7, 11) is 4.32. The van der Waals surface area contributed by atoms with Gasteiger partial charge in [0.05, 0.1) is 0 Å². The molecule has 94 valence electrons. The van der Waals surface area contributed by atoms with Gasteiger partial charge in [-0.15, -0.1) is 11.6 Å². The number of hydrogen-bond acceptors (Lipinski definition) is 3. The third-order valence-electron chi connectivity index (χ3n) is 3.56. The Labute approximate surface area is 108 Å². The van der Waals surface area contributed by atoms with Crippen LogP contribution in [0.25, 0.3) is 0 Å². The molecule has 0 spiro atoms. The summed E-state index contributed by atoms with van der Waals surface area (Å²) >= 11 is 5.86. The molecule has 17 heavy (non-hydrogen) atoms. The zero-order valence-corrected chi connectivity index (χ0v) is 11.3. The Bertz CT molecular complexity index is 361. The van der Waals surface area contributed by atoms with E-state index in [4.69, 9.17) is 11.6 Å². The topological polar surface area (TPSA) is 19.4 Å². The maximum absolute atomic E-state index is 5.86. The number of halogens is 1. The number of rotatable bonds is 3. The smallest absolute Gasteiger partial charge is 0.128 e. The van der Waals surface area contributed by atoms with E-state index in [1.165, 1.54) is 25.9 Å². The molecule has 2 heterocycles. The van der Waals surface area contributed by atoms with Gasteiger partial charge in [-0.1, -0.05) is 0 Å². The molecular weight excluding hydrogens is 234 g/mol. The quantitative estimate of drug-likeness (QED) is 0.771. The van der Waals surface area contributed by atoms with Crippen molar-refractivity contribution in [3.05, 3.63) is 23.9 Å². The van der Waals surface area contributed by atoms with Crippen LogP contribution >= 0.6 is 11.6 Å². The van der Waals surface area contributed by atoms with Gasteiger partial charge < -0.3 is 9.80 Å². The van der Waals surface area contributed by atoms with Crippen molar-refractivity contribution in [3.63, 3.8) is 0 Å². The number of anilines is 1. The summed E-state index contributed by atoms with van der Waals surface area (Å²) in [4.78, 5) is 9.11. The standard InChI is InChI=1S/C13H20ClN3/c1-16-7-4-12(5-8-16)17(2)13-9-11(10-14)3-6-15-13/h3,6,9,12H,4-5,7-8,10H2,1-2H3. The van der Waals surface area contributed by atoms with Crippen molar-refractivity contribution in [2.75, 3.05) is 32.1 Å². The van der Waals surface area contributed by atoms with E-state index in [-0.39, 0.29) is 0 Å². The van der Waals surface area contributed by atoms with Gasteiger partial charge >= 0.3 is 0 Å². The number of nitrogens with zero attached hydrogens (tertiary/aromatic N) is 3. The van der Waals surface area contributed by atoms with E-state index >= 15 is 0 Å². The monoisotopic (exact) mass is 253 g/mol. The molecule has 1 fully saturated rings. The number of piperidine rings is 1. The van der Waals surface area contributed by atoms with Crippen LogP contribution < -0.4 is 4.90 Å². The van der Waals surface area contributed by atoms with Gasteiger partial charge in [0.1, 0.15) is 5.82 Å². The zero-order chi connectivity index (χ0) is 12.3. The Hall–Kier alpha value is -0.800. The minimum Gasteiger partial charge on any atom is -0.357 e. The Morgan fingerprint density at radius 3 is 2.82 bits per heavy atom. The molecule has 1 aliphatic heterocycles. The largest absolute Gasteiger partial charge is 0.357 e. The Balaban J connectivity index is 2.05. The number of hydrogen-bond donors (Lipinski definition) is 0. The van der Waals surface area contributed by atoms with Crippen LogP contribution in [0.5, 0.6) is 0 Å². The number of pyridine rings is 1. The second kappa shape index (κ2) is 5.69. The Kier molecular flexibility index (Phi) is 4.24.